The standard InChI is InChI=1S/C24H26N4O3/c1-17-25-12-13-28(17)16-18-4-7-20(8-5-18)26-23(29)3-2-14-31-21-9-10-22-19(15-21)6-11-24(30)27-22/h4-5,7-10,12-13,15H,2-3,6,11,14,16H2,1H3,(H,26,29)(H,27,30). The lowest BCUT2D eigenvalue weighted by Crippen LogP contribution is -2.18. The highest BCUT2D eigenvalue weighted by Crippen LogP contribution is 2.26. The van der Waals surface area contributed by atoms with Crippen LogP contribution in [0.15, 0.2) is 54.9 Å². The maximum absolute atomic E-state index is 12.2. The van der Waals surface area contributed by atoms with Gasteiger partial charge in [0.25, 0.3) is 0 Å². The van der Waals surface area contributed by atoms with Crippen LogP contribution in [0, 0.1) is 6.92 Å². The van der Waals surface area contributed by atoms with E-state index in [1.807, 2.05) is 55.6 Å². The lowest BCUT2D eigenvalue weighted by Gasteiger charge is -2.17. The number of carbonyl (C=O) groups is 2. The molecule has 0 radical (unpaired) electrons. The van der Waals surface area contributed by atoms with Crippen LogP contribution in [0.1, 0.15) is 36.2 Å². The predicted octanol–water partition coefficient (Wildman–Crippen LogP) is 3.92. The fourth-order valence-electron chi connectivity index (χ4n) is 3.56. The van der Waals surface area contributed by atoms with E-state index in [0.717, 1.165) is 47.0 Å². The molecule has 2 aromatic carbocycles. The highest BCUT2D eigenvalue weighted by Gasteiger charge is 2.15. The largest absolute Gasteiger partial charge is 0.494 e. The molecule has 0 aliphatic carbocycles. The number of nitrogens with zero attached hydrogens (tertiary/aromatic N) is 2. The van der Waals surface area contributed by atoms with Crippen LogP contribution in [0.25, 0.3) is 0 Å². The van der Waals surface area contributed by atoms with Crippen LogP contribution in [-0.4, -0.2) is 28.0 Å². The molecule has 0 saturated heterocycles. The van der Waals surface area contributed by atoms with Gasteiger partial charge in [0.2, 0.25) is 11.8 Å². The third-order valence-corrected chi connectivity index (χ3v) is 5.30. The summed E-state index contributed by atoms with van der Waals surface area (Å²) >= 11 is 0. The third-order valence-electron chi connectivity index (χ3n) is 5.30. The van der Waals surface area contributed by atoms with Gasteiger partial charge in [-0.1, -0.05) is 12.1 Å². The number of amides is 2. The molecule has 4 rings (SSSR count). The van der Waals surface area contributed by atoms with Crippen molar-refractivity contribution in [2.75, 3.05) is 17.2 Å². The minimum absolute atomic E-state index is 0.0324. The SMILES string of the molecule is Cc1nccn1Cc1ccc(NC(=O)CCCOc2ccc3c(c2)CCC(=O)N3)cc1. The van der Waals surface area contributed by atoms with Gasteiger partial charge in [0.15, 0.2) is 0 Å². The number of ether oxygens (including phenoxy) is 1. The summed E-state index contributed by atoms with van der Waals surface area (Å²) in [5, 5.41) is 5.79. The first-order valence-electron chi connectivity index (χ1n) is 10.5. The average molecular weight is 418 g/mol. The second-order valence-corrected chi connectivity index (χ2v) is 7.67. The zero-order valence-corrected chi connectivity index (χ0v) is 17.6. The van der Waals surface area contributed by atoms with E-state index in [2.05, 4.69) is 20.2 Å². The van der Waals surface area contributed by atoms with Gasteiger partial charge < -0.3 is 19.9 Å². The number of aryl methyl sites for hydroxylation is 2. The third kappa shape index (κ3) is 5.51. The molecule has 0 saturated carbocycles. The molecular weight excluding hydrogens is 392 g/mol. The summed E-state index contributed by atoms with van der Waals surface area (Å²) in [5.74, 6) is 1.76. The summed E-state index contributed by atoms with van der Waals surface area (Å²) in [6, 6.07) is 13.5. The molecule has 2 amide bonds. The molecule has 0 spiro atoms. The average Bonchev–Trinajstić information content (AvgIpc) is 3.17. The van der Waals surface area contributed by atoms with Gasteiger partial charge >= 0.3 is 0 Å². The number of anilines is 2. The van der Waals surface area contributed by atoms with E-state index >= 15 is 0 Å². The van der Waals surface area contributed by atoms with E-state index in [-0.39, 0.29) is 11.8 Å². The van der Waals surface area contributed by atoms with E-state index in [1.165, 1.54) is 0 Å². The molecule has 2 heterocycles. The van der Waals surface area contributed by atoms with Crippen molar-refractivity contribution in [3.8, 4) is 5.75 Å². The Morgan fingerprint density at radius 2 is 2.03 bits per heavy atom. The molecule has 0 fully saturated rings. The lowest BCUT2D eigenvalue weighted by molar-refractivity contribution is -0.117. The number of fused-ring (bicyclic) bond motifs is 1. The maximum Gasteiger partial charge on any atom is 0.224 e. The van der Waals surface area contributed by atoms with Gasteiger partial charge in [-0.25, -0.2) is 4.98 Å². The Bertz CT molecular complexity index is 1070. The number of carbonyl (C=O) groups excluding carboxylic acids is 2. The van der Waals surface area contributed by atoms with Crippen LogP contribution in [0.2, 0.25) is 0 Å². The van der Waals surface area contributed by atoms with Crippen molar-refractivity contribution in [1.82, 2.24) is 9.55 Å². The first-order valence-corrected chi connectivity index (χ1v) is 10.5. The van der Waals surface area contributed by atoms with E-state index < -0.39 is 0 Å². The molecule has 160 valence electrons. The molecule has 7 nitrogen and oxygen atoms in total. The van der Waals surface area contributed by atoms with Crippen molar-refractivity contribution in [3.63, 3.8) is 0 Å². The minimum atomic E-state index is -0.0324. The first-order chi connectivity index (χ1) is 15.1. The van der Waals surface area contributed by atoms with E-state index in [1.54, 1.807) is 6.20 Å². The number of rotatable bonds is 8. The summed E-state index contributed by atoms with van der Waals surface area (Å²) in [6.45, 7) is 3.19. The van der Waals surface area contributed by atoms with E-state index in [0.29, 0.717) is 25.9 Å². The van der Waals surface area contributed by atoms with Gasteiger partial charge in [0, 0.05) is 43.2 Å². The molecule has 1 aliphatic rings. The van der Waals surface area contributed by atoms with Crippen LogP contribution >= 0.6 is 0 Å². The van der Waals surface area contributed by atoms with Crippen LogP contribution in [0.3, 0.4) is 0 Å². The van der Waals surface area contributed by atoms with Gasteiger partial charge in [0.05, 0.1) is 6.61 Å². The lowest BCUT2D eigenvalue weighted by atomic mass is 10.0. The Morgan fingerprint density at radius 1 is 1.19 bits per heavy atom. The monoisotopic (exact) mass is 418 g/mol. The van der Waals surface area contributed by atoms with Crippen LogP contribution in [0.4, 0.5) is 11.4 Å². The van der Waals surface area contributed by atoms with Crippen molar-refractivity contribution in [1.29, 1.82) is 0 Å². The molecule has 2 N–H and O–H groups in total. The van der Waals surface area contributed by atoms with Crippen LogP contribution < -0.4 is 15.4 Å². The zero-order valence-electron chi connectivity index (χ0n) is 17.6. The molecule has 0 atom stereocenters. The molecule has 1 aliphatic heterocycles. The molecule has 1 aromatic heterocycles. The van der Waals surface area contributed by atoms with Crippen molar-refractivity contribution in [2.45, 2.75) is 39.2 Å². The second-order valence-electron chi connectivity index (χ2n) is 7.67. The Balaban J connectivity index is 1.19. The molecule has 0 unspecified atom stereocenters. The van der Waals surface area contributed by atoms with Gasteiger partial charge in [-0.15, -0.1) is 0 Å². The first kappa shape index (κ1) is 20.7. The summed E-state index contributed by atoms with van der Waals surface area (Å²) in [4.78, 5) is 27.9. The quantitative estimate of drug-likeness (QED) is 0.543. The number of nitrogens with one attached hydrogen (secondary N) is 2. The maximum atomic E-state index is 12.2. The van der Waals surface area contributed by atoms with Gasteiger partial charge in [0.1, 0.15) is 11.6 Å². The molecule has 0 bridgehead atoms. The fourth-order valence-corrected chi connectivity index (χ4v) is 3.56. The number of aromatic nitrogens is 2. The number of benzene rings is 2. The Labute approximate surface area is 181 Å². The minimum Gasteiger partial charge on any atom is -0.494 e. The van der Waals surface area contributed by atoms with Gasteiger partial charge in [-0.2, -0.15) is 0 Å². The van der Waals surface area contributed by atoms with Crippen molar-refractivity contribution in [3.05, 3.63) is 71.8 Å². The highest BCUT2D eigenvalue weighted by atomic mass is 16.5. The molecular formula is C24H26N4O3. The summed E-state index contributed by atoms with van der Waals surface area (Å²) in [5.41, 5.74) is 3.88. The zero-order chi connectivity index (χ0) is 21.6. The number of hydrogen-bond donors (Lipinski definition) is 2. The smallest absolute Gasteiger partial charge is 0.224 e. The number of imidazole rings is 1. The van der Waals surface area contributed by atoms with Crippen molar-refractivity contribution < 1.29 is 14.3 Å². The Morgan fingerprint density at radius 3 is 2.81 bits per heavy atom. The van der Waals surface area contributed by atoms with E-state index in [9.17, 15) is 9.59 Å². The molecule has 7 heteroatoms. The second kappa shape index (κ2) is 9.47. The fraction of sp³-hybridized carbons (Fsp3) is 0.292. The Hall–Kier alpha value is -3.61. The van der Waals surface area contributed by atoms with Crippen molar-refractivity contribution >= 4 is 23.2 Å². The Kier molecular flexibility index (Phi) is 6.31. The number of hydrogen-bond acceptors (Lipinski definition) is 4. The molecule has 3 aromatic rings. The van der Waals surface area contributed by atoms with Gasteiger partial charge in [-0.3, -0.25) is 9.59 Å². The van der Waals surface area contributed by atoms with Crippen LogP contribution in [-0.2, 0) is 22.6 Å². The molecule has 31 heavy (non-hydrogen) atoms. The van der Waals surface area contributed by atoms with Gasteiger partial charge in [-0.05, 0) is 61.2 Å². The van der Waals surface area contributed by atoms with Crippen LogP contribution in [0.5, 0.6) is 5.75 Å². The summed E-state index contributed by atoms with van der Waals surface area (Å²) < 4.78 is 7.85. The summed E-state index contributed by atoms with van der Waals surface area (Å²) in [7, 11) is 0. The van der Waals surface area contributed by atoms with E-state index in [4.69, 9.17) is 4.74 Å². The van der Waals surface area contributed by atoms with Crippen molar-refractivity contribution in [2.24, 2.45) is 0 Å². The topological polar surface area (TPSA) is 85.2 Å². The summed E-state index contributed by atoms with van der Waals surface area (Å²) in [6.07, 6.45) is 5.98. The normalized spacial score (nSPS) is 12.7. The highest BCUT2D eigenvalue weighted by molar-refractivity contribution is 5.94. The predicted molar refractivity (Wildman–Crippen MR) is 119 cm³/mol.